The van der Waals surface area contributed by atoms with Crippen molar-refractivity contribution in [2.24, 2.45) is 5.16 Å². The molecule has 0 unspecified atom stereocenters. The van der Waals surface area contributed by atoms with Gasteiger partial charge in [0.25, 0.3) is 0 Å². The summed E-state index contributed by atoms with van der Waals surface area (Å²) in [7, 11) is 0. The Bertz CT molecular complexity index is 1120. The molecule has 0 aliphatic heterocycles. The second-order valence-corrected chi connectivity index (χ2v) is 4.32. The number of phenolic OH excluding ortho intramolecular Hbond substituents is 1. The van der Waals surface area contributed by atoms with Crippen LogP contribution in [0.25, 0.3) is 10.8 Å². The van der Waals surface area contributed by atoms with E-state index in [1.165, 1.54) is 24.3 Å². The lowest BCUT2D eigenvalue weighted by atomic mass is 10.0. The average Bonchev–Trinajstić information content (AvgIpc) is 2.44. The lowest BCUT2D eigenvalue weighted by molar-refractivity contribution is 0.301. The number of hydrogen-bond acceptors (Lipinski definition) is 6. The molecule has 20 heavy (non-hydrogen) atoms. The molecule has 6 nitrogen and oxygen atoms in total. The van der Waals surface area contributed by atoms with Gasteiger partial charge in [0.05, 0.1) is 5.22 Å². The van der Waals surface area contributed by atoms with Crippen LogP contribution in [0.1, 0.15) is 0 Å². The lowest BCUT2D eigenvalue weighted by Gasteiger charge is -1.98. The molecule has 2 aliphatic rings. The Labute approximate surface area is 109 Å². The van der Waals surface area contributed by atoms with Crippen LogP contribution < -0.4 is 21.6 Å². The maximum atomic E-state index is 12.3. The average molecular weight is 269 g/mol. The summed E-state index contributed by atoms with van der Waals surface area (Å²) in [6.07, 6.45) is 0. The minimum absolute atomic E-state index is 0.0226. The van der Waals surface area contributed by atoms with Crippen LogP contribution in [0.15, 0.2) is 49.9 Å². The highest BCUT2D eigenvalue weighted by Crippen LogP contribution is 2.14. The molecular weight excluding hydrogens is 262 g/mol. The molecule has 98 valence electrons. The Morgan fingerprint density at radius 3 is 2.30 bits per heavy atom. The summed E-state index contributed by atoms with van der Waals surface area (Å²) in [6, 6.07) is 6.23. The zero-order chi connectivity index (χ0) is 14.4. The van der Waals surface area contributed by atoms with Crippen LogP contribution in [0.3, 0.4) is 0 Å². The van der Waals surface area contributed by atoms with E-state index in [0.29, 0.717) is 0 Å². The summed E-state index contributed by atoms with van der Waals surface area (Å²) in [5.41, 5.74) is -1.95. The first-order chi connectivity index (χ1) is 9.54. The first-order valence-electron chi connectivity index (χ1n) is 5.66. The fraction of sp³-hybridized carbons (Fsp3) is 0. The van der Waals surface area contributed by atoms with Crippen molar-refractivity contribution in [2.45, 2.75) is 0 Å². The fourth-order valence-corrected chi connectivity index (χ4v) is 2.26. The predicted octanol–water partition coefficient (Wildman–Crippen LogP) is -0.484. The predicted molar refractivity (Wildman–Crippen MR) is 69.4 cm³/mol. The third kappa shape index (κ3) is 1.45. The summed E-state index contributed by atoms with van der Waals surface area (Å²) in [5.74, 6) is -0.177. The van der Waals surface area contributed by atoms with Crippen molar-refractivity contribution in [2.75, 3.05) is 0 Å². The van der Waals surface area contributed by atoms with Crippen LogP contribution in [0.5, 0.6) is 5.75 Å². The molecule has 0 atom stereocenters. The Morgan fingerprint density at radius 2 is 1.60 bits per heavy atom. The molecule has 0 saturated heterocycles. The number of fused-ring (bicyclic) bond motifs is 1. The van der Waals surface area contributed by atoms with Crippen molar-refractivity contribution in [3.8, 4) is 5.75 Å². The van der Waals surface area contributed by atoms with Crippen molar-refractivity contribution in [1.29, 1.82) is 0 Å². The van der Waals surface area contributed by atoms with Gasteiger partial charge >= 0.3 is 0 Å². The monoisotopic (exact) mass is 269 g/mol. The van der Waals surface area contributed by atoms with Gasteiger partial charge in [-0.2, -0.15) is 0 Å². The van der Waals surface area contributed by atoms with Crippen molar-refractivity contribution in [1.82, 2.24) is 0 Å². The molecule has 2 aliphatic carbocycles. The van der Waals surface area contributed by atoms with E-state index in [2.05, 4.69) is 5.16 Å². The van der Waals surface area contributed by atoms with Gasteiger partial charge < -0.3 is 10.3 Å². The van der Waals surface area contributed by atoms with E-state index in [1.54, 1.807) is 0 Å². The van der Waals surface area contributed by atoms with Crippen LogP contribution in [-0.4, -0.2) is 10.3 Å². The lowest BCUT2D eigenvalue weighted by Crippen LogP contribution is -2.32. The largest absolute Gasteiger partial charge is 0.508 e. The quantitative estimate of drug-likeness (QED) is 0.423. The minimum atomic E-state index is -0.808. The van der Waals surface area contributed by atoms with Crippen molar-refractivity contribution < 1.29 is 10.3 Å². The van der Waals surface area contributed by atoms with E-state index in [1.807, 2.05) is 0 Å². The zero-order valence-electron chi connectivity index (χ0n) is 9.95. The van der Waals surface area contributed by atoms with Crippen molar-refractivity contribution in [3.63, 3.8) is 0 Å². The van der Waals surface area contributed by atoms with E-state index < -0.39 is 16.3 Å². The number of nitrogens with zero attached hydrogens (tertiary/aromatic N) is 1. The Morgan fingerprint density at radius 1 is 0.850 bits per heavy atom. The molecule has 3 rings (SSSR count). The van der Waals surface area contributed by atoms with Crippen LogP contribution in [0.4, 0.5) is 0 Å². The summed E-state index contributed by atoms with van der Waals surface area (Å²) >= 11 is 0. The van der Waals surface area contributed by atoms with Gasteiger partial charge in [0.2, 0.25) is 5.43 Å². The molecule has 1 aromatic rings. The van der Waals surface area contributed by atoms with Gasteiger partial charge in [0, 0.05) is 16.0 Å². The maximum Gasteiger partial charge on any atom is 0.219 e. The molecule has 0 saturated carbocycles. The summed E-state index contributed by atoms with van der Waals surface area (Å²) < 4.78 is 0. The first kappa shape index (κ1) is 12.0. The fourth-order valence-electron chi connectivity index (χ4n) is 2.26. The second kappa shape index (κ2) is 3.99. The van der Waals surface area contributed by atoms with E-state index in [9.17, 15) is 19.5 Å². The molecular formula is C14H7NO5. The number of aromatic hydroxyl groups is 1. The standard InChI is InChI=1S/C14H7NO5/c16-6-1-2-7-9(5-6)13(18)11-8(12(7)17)3-4-10(15-20)14(11)19/h1-5,16,20H. The molecule has 0 fully saturated rings. The van der Waals surface area contributed by atoms with E-state index in [0.717, 1.165) is 6.07 Å². The molecule has 0 amide bonds. The van der Waals surface area contributed by atoms with E-state index in [4.69, 9.17) is 5.21 Å². The highest BCUT2D eigenvalue weighted by molar-refractivity contribution is 5.83. The van der Waals surface area contributed by atoms with Gasteiger partial charge in [-0.1, -0.05) is 5.16 Å². The van der Waals surface area contributed by atoms with Gasteiger partial charge in [-0.25, -0.2) is 0 Å². The van der Waals surface area contributed by atoms with Gasteiger partial charge in [0.15, 0.2) is 16.2 Å². The van der Waals surface area contributed by atoms with Crippen LogP contribution in [0.2, 0.25) is 0 Å². The molecule has 6 heteroatoms. The Kier molecular flexibility index (Phi) is 2.40. The summed E-state index contributed by atoms with van der Waals surface area (Å²) in [5, 5.41) is 20.3. The molecule has 0 spiro atoms. The minimum Gasteiger partial charge on any atom is -0.508 e. The topological polar surface area (TPSA) is 104 Å². The second-order valence-electron chi connectivity index (χ2n) is 4.32. The highest BCUT2D eigenvalue weighted by Gasteiger charge is 2.11. The van der Waals surface area contributed by atoms with Crippen LogP contribution in [0, 0.1) is 10.4 Å². The van der Waals surface area contributed by atoms with Crippen molar-refractivity contribution >= 4 is 10.8 Å². The van der Waals surface area contributed by atoms with Gasteiger partial charge in [-0.3, -0.25) is 14.4 Å². The molecule has 0 radical (unpaired) electrons. The molecule has 0 bridgehead atoms. The Hall–Kier alpha value is -3.02. The van der Waals surface area contributed by atoms with Crippen LogP contribution in [-0.2, 0) is 0 Å². The Balaban J connectivity index is 2.87. The van der Waals surface area contributed by atoms with Gasteiger partial charge in [-0.05, 0) is 30.3 Å². The van der Waals surface area contributed by atoms with Crippen LogP contribution >= 0.6 is 0 Å². The van der Waals surface area contributed by atoms with Gasteiger partial charge in [-0.15, -0.1) is 0 Å². The number of hydrogen-bond donors (Lipinski definition) is 2. The molecule has 1 aromatic carbocycles. The smallest absolute Gasteiger partial charge is 0.219 e. The van der Waals surface area contributed by atoms with Gasteiger partial charge in [0.1, 0.15) is 5.75 Å². The third-order valence-corrected chi connectivity index (χ3v) is 3.21. The number of rotatable bonds is 0. The number of benzene rings is 1. The third-order valence-electron chi connectivity index (χ3n) is 3.21. The normalized spacial score (nSPS) is 12.3. The molecule has 2 N–H and O–H groups in total. The zero-order valence-corrected chi connectivity index (χ0v) is 9.95. The molecule has 0 heterocycles. The summed E-state index contributed by atoms with van der Waals surface area (Å²) in [6.45, 7) is 0. The summed E-state index contributed by atoms with van der Waals surface area (Å²) in [4.78, 5) is 36.6. The number of phenols is 1. The van der Waals surface area contributed by atoms with E-state index >= 15 is 0 Å². The SMILES string of the molecule is O=c1c(=NO)ccc2c(=O)c3ccc(O)cc3c(=O)c1=2. The maximum absolute atomic E-state index is 12.3. The highest BCUT2D eigenvalue weighted by atomic mass is 16.4. The van der Waals surface area contributed by atoms with E-state index in [-0.39, 0.29) is 32.3 Å². The molecule has 0 aromatic heterocycles. The van der Waals surface area contributed by atoms with Crippen molar-refractivity contribution in [3.05, 3.63) is 76.8 Å². The first-order valence-corrected chi connectivity index (χ1v) is 5.66.